The molecule has 0 aliphatic carbocycles. The van der Waals surface area contributed by atoms with Crippen molar-refractivity contribution in [2.24, 2.45) is 11.7 Å². The number of rotatable bonds is 4. The summed E-state index contributed by atoms with van der Waals surface area (Å²) < 4.78 is 0. The molecule has 8 heteroatoms. The smallest absolute Gasteiger partial charge is 0.322 e. The Bertz CT molecular complexity index is 796. The molecule has 2 aromatic rings. The molecular weight excluding hydrogens is 322 g/mol. The van der Waals surface area contributed by atoms with Crippen molar-refractivity contribution >= 4 is 23.5 Å². The highest BCUT2D eigenvalue weighted by atomic mass is 16.2. The highest BCUT2D eigenvalue weighted by Crippen LogP contribution is 2.32. The standard InChI is InChI=1S/C17H17N5O3/c1-21(12-4-8-20-9-5-12)16(24)14-13(15(23)22(14)17(18)25)10-11-2-6-19-7-3-11/h2-9,13-14H,10H2,1H3,(H2,18,25)/t13-,14+/m1/s1. The van der Waals surface area contributed by atoms with E-state index in [1.807, 2.05) is 0 Å². The lowest BCUT2D eigenvalue weighted by molar-refractivity contribution is -0.156. The molecule has 1 aliphatic rings. The van der Waals surface area contributed by atoms with E-state index in [9.17, 15) is 14.4 Å². The van der Waals surface area contributed by atoms with Crippen LogP contribution in [0.2, 0.25) is 0 Å². The van der Waals surface area contributed by atoms with Gasteiger partial charge in [-0.15, -0.1) is 0 Å². The molecule has 2 atom stereocenters. The van der Waals surface area contributed by atoms with Crippen LogP contribution >= 0.6 is 0 Å². The van der Waals surface area contributed by atoms with Crippen LogP contribution in [0.4, 0.5) is 10.5 Å². The molecular formula is C17H17N5O3. The molecule has 2 N–H and O–H groups in total. The van der Waals surface area contributed by atoms with Gasteiger partial charge in [0.1, 0.15) is 6.04 Å². The van der Waals surface area contributed by atoms with Crippen LogP contribution in [0.1, 0.15) is 5.56 Å². The minimum absolute atomic E-state index is 0.339. The maximum Gasteiger partial charge on any atom is 0.322 e. The van der Waals surface area contributed by atoms with Gasteiger partial charge in [-0.1, -0.05) is 0 Å². The van der Waals surface area contributed by atoms with Gasteiger partial charge in [0.25, 0.3) is 5.91 Å². The molecule has 3 heterocycles. The van der Waals surface area contributed by atoms with Crippen molar-refractivity contribution in [2.45, 2.75) is 12.5 Å². The van der Waals surface area contributed by atoms with Gasteiger partial charge in [0.2, 0.25) is 5.91 Å². The van der Waals surface area contributed by atoms with Crippen LogP contribution in [0.25, 0.3) is 0 Å². The molecule has 8 nitrogen and oxygen atoms in total. The highest BCUT2D eigenvalue weighted by molar-refractivity contribution is 6.12. The first-order chi connectivity index (χ1) is 12.0. The number of carbonyl (C=O) groups excluding carboxylic acids is 3. The third-order valence-electron chi connectivity index (χ3n) is 4.29. The Labute approximate surface area is 144 Å². The molecule has 25 heavy (non-hydrogen) atoms. The highest BCUT2D eigenvalue weighted by Gasteiger charge is 2.54. The number of aromatic nitrogens is 2. The van der Waals surface area contributed by atoms with Gasteiger partial charge in [0.05, 0.1) is 5.92 Å². The summed E-state index contributed by atoms with van der Waals surface area (Å²) in [4.78, 5) is 46.9. The summed E-state index contributed by atoms with van der Waals surface area (Å²) in [5, 5.41) is 0. The SMILES string of the molecule is CN(C(=O)[C@@H]1[C@@H](Cc2ccncc2)C(=O)N1C(N)=O)c1ccncc1. The second-order valence-electron chi connectivity index (χ2n) is 5.76. The van der Waals surface area contributed by atoms with Crippen LogP contribution in [0.15, 0.2) is 49.1 Å². The van der Waals surface area contributed by atoms with E-state index in [1.165, 1.54) is 4.90 Å². The number of hydrogen-bond acceptors (Lipinski definition) is 5. The average Bonchev–Trinajstić information content (AvgIpc) is 2.64. The number of imide groups is 1. The van der Waals surface area contributed by atoms with Crippen molar-refractivity contribution in [2.75, 3.05) is 11.9 Å². The predicted octanol–water partition coefficient (Wildman–Crippen LogP) is 0.588. The third-order valence-corrected chi connectivity index (χ3v) is 4.29. The number of amides is 4. The molecule has 1 saturated heterocycles. The van der Waals surface area contributed by atoms with Gasteiger partial charge in [0.15, 0.2) is 0 Å². The van der Waals surface area contributed by atoms with Gasteiger partial charge in [0, 0.05) is 37.5 Å². The van der Waals surface area contributed by atoms with Crippen LogP contribution in [0.5, 0.6) is 0 Å². The number of hydrogen-bond donors (Lipinski definition) is 1. The number of pyridine rings is 2. The van der Waals surface area contributed by atoms with Crippen molar-refractivity contribution in [1.82, 2.24) is 14.9 Å². The second-order valence-corrected chi connectivity index (χ2v) is 5.76. The van der Waals surface area contributed by atoms with Crippen molar-refractivity contribution < 1.29 is 14.4 Å². The number of carbonyl (C=O) groups is 3. The number of nitrogens with zero attached hydrogens (tertiary/aromatic N) is 4. The van der Waals surface area contributed by atoms with E-state index in [4.69, 9.17) is 5.73 Å². The Morgan fingerprint density at radius 1 is 1.12 bits per heavy atom. The number of likely N-dealkylation sites (tertiary alicyclic amines) is 1. The molecule has 2 aromatic heterocycles. The summed E-state index contributed by atoms with van der Waals surface area (Å²) in [5.41, 5.74) is 6.77. The second kappa shape index (κ2) is 6.68. The van der Waals surface area contributed by atoms with Crippen molar-refractivity contribution in [1.29, 1.82) is 0 Å². The minimum atomic E-state index is -0.920. The van der Waals surface area contributed by atoms with Crippen molar-refractivity contribution in [3.63, 3.8) is 0 Å². The molecule has 1 fully saturated rings. The van der Waals surface area contributed by atoms with Crippen LogP contribution in [-0.2, 0) is 16.0 Å². The van der Waals surface area contributed by atoms with Crippen LogP contribution in [0, 0.1) is 5.92 Å². The number of urea groups is 1. The molecule has 4 amide bonds. The third kappa shape index (κ3) is 3.06. The molecule has 0 radical (unpaired) electrons. The largest absolute Gasteiger partial charge is 0.351 e. The van der Waals surface area contributed by atoms with E-state index < -0.39 is 23.9 Å². The molecule has 0 spiro atoms. The van der Waals surface area contributed by atoms with E-state index in [1.54, 1.807) is 56.1 Å². The van der Waals surface area contributed by atoms with Gasteiger partial charge in [-0.25, -0.2) is 4.79 Å². The summed E-state index contributed by atoms with van der Waals surface area (Å²) in [6, 6.07) is 5.05. The van der Waals surface area contributed by atoms with Gasteiger partial charge in [-0.2, -0.15) is 0 Å². The van der Waals surface area contributed by atoms with E-state index in [-0.39, 0.29) is 5.91 Å². The first-order valence-corrected chi connectivity index (χ1v) is 7.69. The summed E-state index contributed by atoms with van der Waals surface area (Å²) >= 11 is 0. The minimum Gasteiger partial charge on any atom is -0.351 e. The van der Waals surface area contributed by atoms with Crippen LogP contribution in [0.3, 0.4) is 0 Å². The number of nitrogens with two attached hydrogens (primary N) is 1. The first-order valence-electron chi connectivity index (χ1n) is 7.69. The number of anilines is 1. The summed E-state index contributed by atoms with van der Waals surface area (Å²) in [6.45, 7) is 0. The zero-order valence-electron chi connectivity index (χ0n) is 13.6. The van der Waals surface area contributed by atoms with Gasteiger partial charge in [-0.3, -0.25) is 24.5 Å². The summed E-state index contributed by atoms with van der Waals surface area (Å²) in [6.07, 6.45) is 6.69. The van der Waals surface area contributed by atoms with Crippen molar-refractivity contribution in [3.05, 3.63) is 54.6 Å². The fourth-order valence-electron chi connectivity index (χ4n) is 2.94. The molecule has 0 aromatic carbocycles. The molecule has 0 saturated carbocycles. The zero-order valence-corrected chi connectivity index (χ0v) is 13.6. The molecule has 3 rings (SSSR count). The topological polar surface area (TPSA) is 109 Å². The lowest BCUT2D eigenvalue weighted by atomic mass is 9.82. The Morgan fingerprint density at radius 3 is 2.24 bits per heavy atom. The van der Waals surface area contributed by atoms with E-state index >= 15 is 0 Å². The number of β-lactam (4-membered cyclic amide) rings is 1. The Morgan fingerprint density at radius 2 is 1.68 bits per heavy atom. The van der Waals surface area contributed by atoms with Crippen LogP contribution < -0.4 is 10.6 Å². The Hall–Kier alpha value is -3.29. The van der Waals surface area contributed by atoms with E-state index in [0.717, 1.165) is 10.5 Å². The Kier molecular flexibility index (Phi) is 4.42. The maximum absolute atomic E-state index is 12.9. The lowest BCUT2D eigenvalue weighted by Crippen LogP contribution is -2.70. The van der Waals surface area contributed by atoms with Crippen LogP contribution in [-0.4, -0.2) is 45.8 Å². The number of likely N-dealkylation sites (N-methyl/N-ethyl adjacent to an activating group) is 1. The monoisotopic (exact) mass is 339 g/mol. The van der Waals surface area contributed by atoms with Gasteiger partial charge in [-0.05, 0) is 36.2 Å². The van der Waals surface area contributed by atoms with E-state index in [2.05, 4.69) is 9.97 Å². The fourth-order valence-corrected chi connectivity index (χ4v) is 2.94. The Balaban J connectivity index is 1.85. The molecule has 1 aliphatic heterocycles. The zero-order chi connectivity index (χ0) is 18.0. The molecule has 0 bridgehead atoms. The average molecular weight is 339 g/mol. The van der Waals surface area contributed by atoms with Gasteiger partial charge >= 0.3 is 6.03 Å². The van der Waals surface area contributed by atoms with E-state index in [0.29, 0.717) is 12.1 Å². The molecule has 0 unspecified atom stereocenters. The first kappa shape index (κ1) is 16.6. The maximum atomic E-state index is 12.9. The van der Waals surface area contributed by atoms with Crippen molar-refractivity contribution in [3.8, 4) is 0 Å². The number of primary amides is 1. The predicted molar refractivity (Wildman–Crippen MR) is 89.3 cm³/mol. The quantitative estimate of drug-likeness (QED) is 0.820. The van der Waals surface area contributed by atoms with Gasteiger partial charge < -0.3 is 10.6 Å². The summed E-state index contributed by atoms with van der Waals surface area (Å²) in [7, 11) is 1.59. The normalized spacial score (nSPS) is 19.2. The summed E-state index contributed by atoms with van der Waals surface area (Å²) in [5.74, 6) is -1.44. The lowest BCUT2D eigenvalue weighted by Gasteiger charge is -2.44. The fraction of sp³-hybridized carbons (Fsp3) is 0.235. The molecule has 128 valence electrons.